The molecule has 4 rings (SSSR count). The van der Waals surface area contributed by atoms with Crippen molar-refractivity contribution in [3.8, 4) is 11.1 Å². The first-order valence-electron chi connectivity index (χ1n) is 7.78. The number of benzene rings is 1. The van der Waals surface area contributed by atoms with Crippen molar-refractivity contribution in [2.75, 3.05) is 13.2 Å². The minimum atomic E-state index is -4.46. The van der Waals surface area contributed by atoms with Crippen LogP contribution in [0.1, 0.15) is 5.56 Å². The predicted octanol–water partition coefficient (Wildman–Crippen LogP) is 3.15. The van der Waals surface area contributed by atoms with Crippen LogP contribution in [0.4, 0.5) is 17.6 Å². The minimum Gasteiger partial charge on any atom is -0.374 e. The van der Waals surface area contributed by atoms with Crippen molar-refractivity contribution in [1.29, 1.82) is 0 Å². The fourth-order valence-corrected chi connectivity index (χ4v) is 2.92. The maximum absolute atomic E-state index is 14.3. The van der Waals surface area contributed by atoms with Crippen molar-refractivity contribution in [3.63, 3.8) is 0 Å². The molecule has 1 N–H and O–H groups in total. The average Bonchev–Trinajstić information content (AvgIpc) is 2.88. The summed E-state index contributed by atoms with van der Waals surface area (Å²) in [7, 11) is 0. The SMILES string of the molecule is O=c1[nH]c2ncc(-c3cccc(C(F)(F)F)c3)cc2n1CC1(F)COC1. The maximum atomic E-state index is 14.3. The van der Waals surface area contributed by atoms with E-state index in [0.29, 0.717) is 16.6 Å². The summed E-state index contributed by atoms with van der Waals surface area (Å²) in [6.45, 7) is -0.417. The van der Waals surface area contributed by atoms with Crippen LogP contribution in [0.15, 0.2) is 41.3 Å². The number of fused-ring (bicyclic) bond motifs is 1. The number of pyridine rings is 1. The van der Waals surface area contributed by atoms with Crippen LogP contribution in [-0.4, -0.2) is 33.4 Å². The second-order valence-electron chi connectivity index (χ2n) is 6.33. The molecule has 0 atom stereocenters. The molecule has 0 bridgehead atoms. The van der Waals surface area contributed by atoms with Crippen molar-refractivity contribution in [3.05, 3.63) is 52.6 Å². The Morgan fingerprint density at radius 1 is 1.23 bits per heavy atom. The van der Waals surface area contributed by atoms with Crippen LogP contribution in [0, 0.1) is 0 Å². The number of nitrogens with one attached hydrogen (secondary N) is 1. The topological polar surface area (TPSA) is 59.9 Å². The van der Waals surface area contributed by atoms with E-state index in [1.807, 2.05) is 0 Å². The Bertz CT molecular complexity index is 1030. The molecule has 3 aromatic rings. The Morgan fingerprint density at radius 2 is 2.00 bits per heavy atom. The van der Waals surface area contributed by atoms with E-state index in [9.17, 15) is 22.4 Å². The Labute approximate surface area is 144 Å². The quantitative estimate of drug-likeness (QED) is 0.724. The highest BCUT2D eigenvalue weighted by atomic mass is 19.4. The predicted molar refractivity (Wildman–Crippen MR) is 85.4 cm³/mol. The zero-order valence-corrected chi connectivity index (χ0v) is 13.3. The zero-order valence-electron chi connectivity index (χ0n) is 13.3. The molecule has 1 saturated heterocycles. The summed E-state index contributed by atoms with van der Waals surface area (Å²) in [5, 5.41) is 0. The molecule has 1 aliphatic heterocycles. The van der Waals surface area contributed by atoms with Crippen LogP contribution in [-0.2, 0) is 17.5 Å². The van der Waals surface area contributed by atoms with Gasteiger partial charge in [0.15, 0.2) is 11.3 Å². The molecular formula is C17H13F4N3O2. The molecule has 0 amide bonds. The van der Waals surface area contributed by atoms with Crippen LogP contribution in [0.2, 0.25) is 0 Å². The molecule has 0 saturated carbocycles. The number of nitrogens with zero attached hydrogens (tertiary/aromatic N) is 2. The summed E-state index contributed by atoms with van der Waals surface area (Å²) in [5.41, 5.74) is -1.67. The maximum Gasteiger partial charge on any atom is 0.416 e. The van der Waals surface area contributed by atoms with Crippen molar-refractivity contribution < 1.29 is 22.3 Å². The Kier molecular flexibility index (Phi) is 3.65. The highest BCUT2D eigenvalue weighted by Crippen LogP contribution is 2.32. The zero-order chi connectivity index (χ0) is 18.5. The molecule has 1 aromatic carbocycles. The third kappa shape index (κ3) is 2.88. The van der Waals surface area contributed by atoms with Gasteiger partial charge in [0, 0.05) is 11.8 Å². The van der Waals surface area contributed by atoms with Crippen LogP contribution in [0.5, 0.6) is 0 Å². The fraction of sp³-hybridized carbons (Fsp3) is 0.294. The van der Waals surface area contributed by atoms with Crippen molar-refractivity contribution >= 4 is 11.2 Å². The number of aromatic nitrogens is 3. The number of halogens is 4. The van der Waals surface area contributed by atoms with E-state index in [1.165, 1.54) is 29.0 Å². The van der Waals surface area contributed by atoms with Gasteiger partial charge in [0.25, 0.3) is 0 Å². The fourth-order valence-electron chi connectivity index (χ4n) is 2.92. The summed E-state index contributed by atoms with van der Waals surface area (Å²) >= 11 is 0. The van der Waals surface area contributed by atoms with Crippen molar-refractivity contribution in [2.45, 2.75) is 18.4 Å². The van der Waals surface area contributed by atoms with Gasteiger partial charge in [-0.3, -0.25) is 9.55 Å². The van der Waals surface area contributed by atoms with Crippen LogP contribution < -0.4 is 5.69 Å². The molecule has 9 heteroatoms. The number of alkyl halides is 4. The average molecular weight is 367 g/mol. The summed E-state index contributed by atoms with van der Waals surface area (Å²) in [6, 6.07) is 6.33. The van der Waals surface area contributed by atoms with Crippen LogP contribution >= 0.6 is 0 Å². The number of hydrogen-bond acceptors (Lipinski definition) is 3. The Morgan fingerprint density at radius 3 is 2.65 bits per heavy atom. The van der Waals surface area contributed by atoms with E-state index < -0.39 is 23.1 Å². The first-order chi connectivity index (χ1) is 12.3. The monoisotopic (exact) mass is 367 g/mol. The third-order valence-electron chi connectivity index (χ3n) is 4.32. The molecule has 0 spiro atoms. The first-order valence-corrected chi connectivity index (χ1v) is 7.78. The molecule has 5 nitrogen and oxygen atoms in total. The van der Waals surface area contributed by atoms with Crippen LogP contribution in [0.3, 0.4) is 0 Å². The summed E-state index contributed by atoms with van der Waals surface area (Å²) < 4.78 is 59.1. The van der Waals surface area contributed by atoms with Crippen molar-refractivity contribution in [2.24, 2.45) is 0 Å². The minimum absolute atomic E-state index is 0.104. The van der Waals surface area contributed by atoms with E-state index in [1.54, 1.807) is 0 Å². The first kappa shape index (κ1) is 16.8. The van der Waals surface area contributed by atoms with E-state index in [-0.39, 0.29) is 25.4 Å². The molecule has 1 fully saturated rings. The lowest BCUT2D eigenvalue weighted by atomic mass is 10.0. The van der Waals surface area contributed by atoms with Gasteiger partial charge in [-0.25, -0.2) is 14.2 Å². The molecule has 0 unspecified atom stereocenters. The molecule has 0 aliphatic carbocycles. The van der Waals surface area contributed by atoms with Gasteiger partial charge in [0.05, 0.1) is 30.8 Å². The highest BCUT2D eigenvalue weighted by molar-refractivity contribution is 5.78. The molecule has 3 heterocycles. The lowest BCUT2D eigenvalue weighted by Gasteiger charge is -2.33. The number of imidazole rings is 1. The number of rotatable bonds is 3. The van der Waals surface area contributed by atoms with Gasteiger partial charge in [-0.2, -0.15) is 13.2 Å². The van der Waals surface area contributed by atoms with E-state index >= 15 is 0 Å². The van der Waals surface area contributed by atoms with Gasteiger partial charge in [-0.15, -0.1) is 0 Å². The van der Waals surface area contributed by atoms with Gasteiger partial charge in [0.1, 0.15) is 0 Å². The standard InChI is InChI=1S/C17H13F4N3O2/c18-16(8-26-9-16)7-24-13-5-11(6-22-14(13)23-15(24)25)10-2-1-3-12(4-10)17(19,20)21/h1-6H,7-9H2,(H,22,23,25). The largest absolute Gasteiger partial charge is 0.416 e. The molecule has 1 aliphatic rings. The molecule has 2 aromatic heterocycles. The second-order valence-corrected chi connectivity index (χ2v) is 6.33. The van der Waals surface area contributed by atoms with Gasteiger partial charge in [-0.05, 0) is 23.8 Å². The second kappa shape index (κ2) is 5.66. The normalized spacial score (nSPS) is 16.6. The van der Waals surface area contributed by atoms with E-state index in [0.717, 1.165) is 12.1 Å². The highest BCUT2D eigenvalue weighted by Gasteiger charge is 2.40. The van der Waals surface area contributed by atoms with Gasteiger partial charge in [-0.1, -0.05) is 12.1 Å². The van der Waals surface area contributed by atoms with Gasteiger partial charge < -0.3 is 4.74 Å². The lowest BCUT2D eigenvalue weighted by Crippen LogP contribution is -2.50. The smallest absolute Gasteiger partial charge is 0.374 e. The summed E-state index contributed by atoms with van der Waals surface area (Å²) in [5.74, 6) is 0. The molecule has 136 valence electrons. The molecule has 0 radical (unpaired) electrons. The van der Waals surface area contributed by atoms with Crippen molar-refractivity contribution in [1.82, 2.24) is 14.5 Å². The van der Waals surface area contributed by atoms with Gasteiger partial charge >= 0.3 is 11.9 Å². The lowest BCUT2D eigenvalue weighted by molar-refractivity contribution is -0.137. The van der Waals surface area contributed by atoms with E-state index in [2.05, 4.69) is 9.97 Å². The summed E-state index contributed by atoms with van der Waals surface area (Å²) in [6.07, 6.45) is -3.09. The summed E-state index contributed by atoms with van der Waals surface area (Å²) in [4.78, 5) is 18.7. The number of H-pyrrole nitrogens is 1. The Balaban J connectivity index is 1.79. The van der Waals surface area contributed by atoms with Gasteiger partial charge in [0.2, 0.25) is 0 Å². The van der Waals surface area contributed by atoms with E-state index in [4.69, 9.17) is 4.74 Å². The number of hydrogen-bond donors (Lipinski definition) is 1. The molecular weight excluding hydrogens is 354 g/mol. The molecule has 26 heavy (non-hydrogen) atoms. The van der Waals surface area contributed by atoms with Crippen LogP contribution in [0.25, 0.3) is 22.3 Å². The number of ether oxygens (including phenoxy) is 1. The Hall–Kier alpha value is -2.68. The third-order valence-corrected chi connectivity index (χ3v) is 4.32. The number of aromatic amines is 1.